The van der Waals surface area contributed by atoms with Crippen molar-refractivity contribution >= 4 is 11.7 Å². The van der Waals surface area contributed by atoms with Crippen molar-refractivity contribution in [3.63, 3.8) is 0 Å². The van der Waals surface area contributed by atoms with Crippen molar-refractivity contribution in [2.45, 2.75) is 19.8 Å². The number of nitro benzene ring substituents is 1. The van der Waals surface area contributed by atoms with Crippen LogP contribution in [-0.4, -0.2) is 24.6 Å². The molecule has 2 aromatic rings. The molecule has 0 aromatic heterocycles. The Morgan fingerprint density at radius 1 is 1.12 bits per heavy atom. The summed E-state index contributed by atoms with van der Waals surface area (Å²) < 4.78 is 15.8. The third-order valence-electron chi connectivity index (χ3n) is 3.45. The summed E-state index contributed by atoms with van der Waals surface area (Å²) in [7, 11) is 1.40. The molecule has 0 aliphatic carbocycles. The SMILES string of the molecule is CCOc1ccccc1CCC(=O)Oc1cc([N+](=O)[O-])ccc1OC. The van der Waals surface area contributed by atoms with E-state index in [0.717, 1.165) is 11.3 Å². The molecule has 0 unspecified atom stereocenters. The number of hydrogen-bond donors (Lipinski definition) is 0. The van der Waals surface area contributed by atoms with Crippen LogP contribution in [-0.2, 0) is 11.2 Å². The number of carbonyl (C=O) groups excluding carboxylic acids is 1. The molecular weight excluding hydrogens is 326 g/mol. The van der Waals surface area contributed by atoms with Gasteiger partial charge >= 0.3 is 5.97 Å². The summed E-state index contributed by atoms with van der Waals surface area (Å²) in [5.41, 5.74) is 0.720. The van der Waals surface area contributed by atoms with Gasteiger partial charge in [0.25, 0.3) is 5.69 Å². The van der Waals surface area contributed by atoms with Crippen molar-refractivity contribution in [1.82, 2.24) is 0 Å². The normalized spacial score (nSPS) is 10.2. The predicted octanol–water partition coefficient (Wildman–Crippen LogP) is 3.54. The number of esters is 1. The van der Waals surface area contributed by atoms with E-state index in [9.17, 15) is 14.9 Å². The molecule has 2 rings (SSSR count). The van der Waals surface area contributed by atoms with Crippen LogP contribution in [0.4, 0.5) is 5.69 Å². The van der Waals surface area contributed by atoms with Gasteiger partial charge in [-0.05, 0) is 31.0 Å². The minimum atomic E-state index is -0.560. The number of ether oxygens (including phenoxy) is 3. The summed E-state index contributed by atoms with van der Waals surface area (Å²) in [6.45, 7) is 2.42. The van der Waals surface area contributed by atoms with Crippen molar-refractivity contribution in [1.29, 1.82) is 0 Å². The van der Waals surface area contributed by atoms with E-state index in [1.807, 2.05) is 31.2 Å². The van der Waals surface area contributed by atoms with Gasteiger partial charge in [0.1, 0.15) is 5.75 Å². The average Bonchev–Trinajstić information content (AvgIpc) is 2.61. The number of para-hydroxylation sites is 1. The van der Waals surface area contributed by atoms with Gasteiger partial charge in [0.2, 0.25) is 0 Å². The zero-order valence-corrected chi connectivity index (χ0v) is 14.1. The highest BCUT2D eigenvalue weighted by Crippen LogP contribution is 2.31. The predicted molar refractivity (Wildman–Crippen MR) is 91.2 cm³/mol. The Hall–Kier alpha value is -3.09. The van der Waals surface area contributed by atoms with Crippen LogP contribution in [0.15, 0.2) is 42.5 Å². The molecule has 0 aliphatic heterocycles. The van der Waals surface area contributed by atoms with Crippen LogP contribution in [0.1, 0.15) is 18.9 Å². The molecule has 0 atom stereocenters. The Morgan fingerprint density at radius 3 is 2.56 bits per heavy atom. The lowest BCUT2D eigenvalue weighted by molar-refractivity contribution is -0.384. The van der Waals surface area contributed by atoms with E-state index in [0.29, 0.717) is 13.0 Å². The van der Waals surface area contributed by atoms with Crippen LogP contribution in [0.5, 0.6) is 17.2 Å². The minimum absolute atomic E-state index is 0.0276. The maximum atomic E-state index is 12.1. The van der Waals surface area contributed by atoms with Crippen molar-refractivity contribution < 1.29 is 23.9 Å². The van der Waals surface area contributed by atoms with E-state index >= 15 is 0 Å². The molecule has 0 N–H and O–H groups in total. The maximum absolute atomic E-state index is 12.1. The molecule has 0 saturated heterocycles. The highest BCUT2D eigenvalue weighted by atomic mass is 16.6. The third-order valence-corrected chi connectivity index (χ3v) is 3.45. The van der Waals surface area contributed by atoms with Crippen molar-refractivity contribution in [2.24, 2.45) is 0 Å². The summed E-state index contributed by atoms with van der Waals surface area (Å²) in [4.78, 5) is 22.4. The first-order valence-electron chi connectivity index (χ1n) is 7.79. The fourth-order valence-corrected chi connectivity index (χ4v) is 2.28. The molecule has 0 radical (unpaired) electrons. The van der Waals surface area contributed by atoms with Gasteiger partial charge in [0.15, 0.2) is 11.5 Å². The summed E-state index contributed by atoms with van der Waals surface area (Å²) in [6.07, 6.45) is 0.544. The van der Waals surface area contributed by atoms with Crippen LogP contribution in [0.2, 0.25) is 0 Å². The van der Waals surface area contributed by atoms with Gasteiger partial charge < -0.3 is 14.2 Å². The topological polar surface area (TPSA) is 87.9 Å². The second-order valence-corrected chi connectivity index (χ2v) is 5.11. The molecule has 0 saturated carbocycles. The Bertz CT molecular complexity index is 759. The molecule has 132 valence electrons. The second kappa shape index (κ2) is 8.68. The van der Waals surface area contributed by atoms with Crippen LogP contribution in [0, 0.1) is 10.1 Å². The highest BCUT2D eigenvalue weighted by molar-refractivity contribution is 5.74. The van der Waals surface area contributed by atoms with E-state index in [1.165, 1.54) is 25.3 Å². The summed E-state index contributed by atoms with van der Waals surface area (Å²) in [5.74, 6) is 0.504. The largest absolute Gasteiger partial charge is 0.494 e. The number of benzene rings is 2. The molecule has 2 aromatic carbocycles. The zero-order chi connectivity index (χ0) is 18.2. The molecule has 0 aliphatic rings. The van der Waals surface area contributed by atoms with Gasteiger partial charge in [-0.1, -0.05) is 18.2 Å². The summed E-state index contributed by atoms with van der Waals surface area (Å²) in [6, 6.07) is 11.3. The lowest BCUT2D eigenvalue weighted by Crippen LogP contribution is -2.10. The fourth-order valence-electron chi connectivity index (χ4n) is 2.28. The second-order valence-electron chi connectivity index (χ2n) is 5.11. The summed E-state index contributed by atoms with van der Waals surface area (Å²) in [5, 5.41) is 10.9. The van der Waals surface area contributed by atoms with Crippen LogP contribution in [0.25, 0.3) is 0 Å². The minimum Gasteiger partial charge on any atom is -0.494 e. The number of methoxy groups -OCH3 is 1. The molecule has 0 spiro atoms. The number of carbonyl (C=O) groups is 1. The van der Waals surface area contributed by atoms with Crippen molar-refractivity contribution in [2.75, 3.05) is 13.7 Å². The van der Waals surface area contributed by atoms with E-state index in [4.69, 9.17) is 14.2 Å². The number of nitrogens with zero attached hydrogens (tertiary/aromatic N) is 1. The van der Waals surface area contributed by atoms with Crippen LogP contribution >= 0.6 is 0 Å². The van der Waals surface area contributed by atoms with Gasteiger partial charge in [0, 0.05) is 6.07 Å². The molecular formula is C18H19NO6. The van der Waals surface area contributed by atoms with E-state index < -0.39 is 10.9 Å². The van der Waals surface area contributed by atoms with Crippen molar-refractivity contribution in [3.8, 4) is 17.2 Å². The van der Waals surface area contributed by atoms with E-state index in [-0.39, 0.29) is 23.6 Å². The number of nitro groups is 1. The van der Waals surface area contributed by atoms with Gasteiger partial charge in [-0.25, -0.2) is 0 Å². The lowest BCUT2D eigenvalue weighted by atomic mass is 10.1. The maximum Gasteiger partial charge on any atom is 0.311 e. The fraction of sp³-hybridized carbons (Fsp3) is 0.278. The number of rotatable bonds is 8. The molecule has 0 bridgehead atoms. The number of aryl methyl sites for hydroxylation is 1. The highest BCUT2D eigenvalue weighted by Gasteiger charge is 2.16. The lowest BCUT2D eigenvalue weighted by Gasteiger charge is -2.11. The summed E-state index contributed by atoms with van der Waals surface area (Å²) >= 11 is 0. The monoisotopic (exact) mass is 345 g/mol. The Kier molecular flexibility index (Phi) is 6.33. The van der Waals surface area contributed by atoms with E-state index in [2.05, 4.69) is 0 Å². The molecule has 0 amide bonds. The third kappa shape index (κ3) is 4.94. The van der Waals surface area contributed by atoms with E-state index in [1.54, 1.807) is 0 Å². The van der Waals surface area contributed by atoms with Crippen LogP contribution in [0.3, 0.4) is 0 Å². The first kappa shape index (κ1) is 18.3. The standard InChI is InChI=1S/C18H19NO6/c1-3-24-15-7-5-4-6-13(15)8-11-18(20)25-17-12-14(19(21)22)9-10-16(17)23-2/h4-7,9-10,12H,3,8,11H2,1-2H3. The van der Waals surface area contributed by atoms with Gasteiger partial charge in [-0.15, -0.1) is 0 Å². The molecule has 25 heavy (non-hydrogen) atoms. The zero-order valence-electron chi connectivity index (χ0n) is 14.1. The van der Waals surface area contributed by atoms with Crippen molar-refractivity contribution in [3.05, 3.63) is 58.1 Å². The average molecular weight is 345 g/mol. The Labute approximate surface area is 145 Å². The first-order chi connectivity index (χ1) is 12.0. The Morgan fingerprint density at radius 2 is 1.88 bits per heavy atom. The molecule has 7 nitrogen and oxygen atoms in total. The first-order valence-corrected chi connectivity index (χ1v) is 7.79. The Balaban J connectivity index is 2.05. The number of non-ortho nitro benzene ring substituents is 1. The molecule has 0 fully saturated rings. The van der Waals surface area contributed by atoms with Gasteiger partial charge in [0.05, 0.1) is 31.1 Å². The quantitative estimate of drug-likeness (QED) is 0.315. The molecule has 0 heterocycles. The van der Waals surface area contributed by atoms with Gasteiger partial charge in [-0.3, -0.25) is 14.9 Å². The number of hydrogen-bond acceptors (Lipinski definition) is 6. The van der Waals surface area contributed by atoms with Crippen LogP contribution < -0.4 is 14.2 Å². The van der Waals surface area contributed by atoms with Gasteiger partial charge in [-0.2, -0.15) is 0 Å². The smallest absolute Gasteiger partial charge is 0.311 e. The molecule has 7 heteroatoms.